The molecule has 0 saturated carbocycles. The van der Waals surface area contributed by atoms with Crippen LogP contribution in [0.25, 0.3) is 0 Å². The molecular formula is C28H22Br4CoN4O6+4. The van der Waals surface area contributed by atoms with E-state index in [2.05, 4.69) is 84.8 Å². The summed E-state index contributed by atoms with van der Waals surface area (Å²) in [5, 5.41) is 46.5. The second-order valence-corrected chi connectivity index (χ2v) is 11.7. The Labute approximate surface area is 289 Å². The van der Waals surface area contributed by atoms with Crippen molar-refractivity contribution in [2.24, 2.45) is 10.2 Å². The van der Waals surface area contributed by atoms with Crippen molar-refractivity contribution in [3.63, 3.8) is 0 Å². The summed E-state index contributed by atoms with van der Waals surface area (Å²) < 4.78 is 2.84. The maximum absolute atomic E-state index is 11.5. The van der Waals surface area contributed by atoms with Crippen LogP contribution < -0.4 is 21.1 Å². The minimum Gasteiger partial charge on any atom is -0.872 e. The Bertz CT molecular complexity index is 1560. The van der Waals surface area contributed by atoms with E-state index in [0.29, 0.717) is 20.1 Å². The second kappa shape index (κ2) is 17.2. The van der Waals surface area contributed by atoms with Crippen molar-refractivity contribution in [3.05, 3.63) is 113 Å². The van der Waals surface area contributed by atoms with Gasteiger partial charge in [0.05, 0.1) is 34.7 Å². The predicted octanol–water partition coefficient (Wildman–Crippen LogP) is 4.39. The number of rotatable bonds is 6. The number of para-hydroxylation sites is 2. The number of carbonyl (C=O) groups excluding carboxylic acids is 2. The molecule has 15 heteroatoms. The zero-order valence-electron chi connectivity index (χ0n) is 21.5. The van der Waals surface area contributed by atoms with Gasteiger partial charge in [0.2, 0.25) is 0 Å². The van der Waals surface area contributed by atoms with E-state index in [9.17, 15) is 19.8 Å². The molecule has 4 rings (SSSR count). The summed E-state index contributed by atoms with van der Waals surface area (Å²) in [6.45, 7) is 0. The van der Waals surface area contributed by atoms with Gasteiger partial charge in [-0.1, -0.05) is 79.8 Å². The number of amides is 2. The zero-order chi connectivity index (χ0) is 30.8. The molecule has 4 aromatic rings. The molecule has 10 nitrogen and oxygen atoms in total. The number of hydrazone groups is 2. The van der Waals surface area contributed by atoms with E-state index in [0.717, 1.165) is 8.95 Å². The Morgan fingerprint density at radius 3 is 1.35 bits per heavy atom. The molecule has 2 amide bonds. The van der Waals surface area contributed by atoms with E-state index in [1.807, 2.05) is 0 Å². The molecule has 0 bridgehead atoms. The van der Waals surface area contributed by atoms with Crippen LogP contribution in [0, 0.1) is 0 Å². The summed E-state index contributed by atoms with van der Waals surface area (Å²) >= 11 is 13.2. The quantitative estimate of drug-likeness (QED) is 0.166. The topological polar surface area (TPSA) is 184 Å². The predicted molar refractivity (Wildman–Crippen MR) is 175 cm³/mol. The number of halogens is 4. The number of nitrogens with one attached hydrogen (secondary N) is 2. The Kier molecular flexibility index (Phi) is 14.4. The first-order valence-electron chi connectivity index (χ1n) is 11.6. The summed E-state index contributed by atoms with van der Waals surface area (Å²) in [6.07, 6.45) is 2.78. The molecule has 0 aliphatic heterocycles. The van der Waals surface area contributed by atoms with Gasteiger partial charge in [0, 0.05) is 8.95 Å². The molecule has 0 saturated heterocycles. The largest absolute Gasteiger partial charge is 2.00 e. The van der Waals surface area contributed by atoms with Crippen LogP contribution in [0.1, 0.15) is 22.3 Å². The van der Waals surface area contributed by atoms with Gasteiger partial charge < -0.3 is 20.4 Å². The van der Waals surface area contributed by atoms with Crippen LogP contribution in [0.4, 0.5) is 0 Å². The first-order chi connectivity index (χ1) is 20.0. The Morgan fingerprint density at radius 2 is 1.00 bits per heavy atom. The monoisotopic (exact) mass is 885 g/mol. The Morgan fingerprint density at radius 1 is 0.651 bits per heavy atom. The van der Waals surface area contributed by atoms with E-state index in [-0.39, 0.29) is 62.7 Å². The molecule has 0 atom stereocenters. The number of hydrogen-bond acceptors (Lipinski definition) is 4. The van der Waals surface area contributed by atoms with Gasteiger partial charge in [-0.3, -0.25) is 9.59 Å². The smallest absolute Gasteiger partial charge is 0.872 e. The third-order valence-electron chi connectivity index (χ3n) is 5.20. The summed E-state index contributed by atoms with van der Waals surface area (Å²) in [5.41, 5.74) is 6.13. The van der Waals surface area contributed by atoms with Gasteiger partial charge in [-0.05, 0) is 68.3 Å². The summed E-state index contributed by atoms with van der Waals surface area (Å²) in [7, 11) is 0. The third-order valence-corrected chi connectivity index (χ3v) is 7.37. The molecule has 223 valence electrons. The average molecular weight is 889 g/mol. The van der Waals surface area contributed by atoms with Crippen LogP contribution in [0.5, 0.6) is 23.0 Å². The fourth-order valence-electron chi connectivity index (χ4n) is 3.16. The van der Waals surface area contributed by atoms with Crippen LogP contribution >= 0.6 is 63.7 Å². The van der Waals surface area contributed by atoms with Gasteiger partial charge in [0.1, 0.15) is 8.95 Å². The maximum Gasteiger partial charge on any atom is 2.00 e. The van der Waals surface area contributed by atoms with Gasteiger partial charge in [-0.15, -0.1) is 0 Å². The fraction of sp³-hybridized carbons (Fsp3) is 0. The first kappa shape index (κ1) is 36.0. The first-order valence-corrected chi connectivity index (χ1v) is 14.8. The van der Waals surface area contributed by atoms with E-state index in [4.69, 9.17) is 10.2 Å². The van der Waals surface area contributed by atoms with Crippen molar-refractivity contribution in [1.82, 2.24) is 10.9 Å². The van der Waals surface area contributed by atoms with Crippen LogP contribution in [-0.2, 0) is 16.8 Å². The van der Waals surface area contributed by atoms with E-state index < -0.39 is 0 Å². The fourth-order valence-corrected chi connectivity index (χ4v) is 5.68. The van der Waals surface area contributed by atoms with Crippen molar-refractivity contribution in [1.29, 1.82) is 0 Å². The second-order valence-electron chi connectivity index (χ2n) is 8.13. The van der Waals surface area contributed by atoms with E-state index >= 15 is 0 Å². The molecule has 8 N–H and O–H groups in total. The minimum atomic E-state index is -0.336. The van der Waals surface area contributed by atoms with Gasteiger partial charge in [-0.2, -0.15) is 21.1 Å². The van der Waals surface area contributed by atoms with Crippen LogP contribution in [0.3, 0.4) is 0 Å². The normalized spacial score (nSPS) is 10.5. The molecular weight excluding hydrogens is 867 g/mol. The Hall–Kier alpha value is -3.21. The molecule has 43 heavy (non-hydrogen) atoms. The Balaban J connectivity index is 0.000000293. The van der Waals surface area contributed by atoms with E-state index in [1.165, 1.54) is 36.7 Å². The zero-order valence-corrected chi connectivity index (χ0v) is 28.9. The molecule has 0 aliphatic carbocycles. The molecule has 0 spiro atoms. The van der Waals surface area contributed by atoms with E-state index in [1.54, 1.807) is 48.5 Å². The molecule has 0 unspecified atom stereocenters. The van der Waals surface area contributed by atoms with Gasteiger partial charge in [0.15, 0.2) is 0 Å². The van der Waals surface area contributed by atoms with Crippen LogP contribution in [-0.4, -0.2) is 44.0 Å². The summed E-state index contributed by atoms with van der Waals surface area (Å²) in [4.78, 5) is 19.6. The van der Waals surface area contributed by atoms with Gasteiger partial charge in [-0.25, -0.2) is 0 Å². The van der Waals surface area contributed by atoms with Gasteiger partial charge in [0.25, 0.3) is 11.5 Å². The number of nitrogens with zero attached hydrogens (tertiary/aromatic N) is 2. The van der Waals surface area contributed by atoms with Crippen molar-refractivity contribution in [2.75, 3.05) is 0 Å². The van der Waals surface area contributed by atoms with Crippen LogP contribution in [0.2, 0.25) is 0 Å². The third kappa shape index (κ3) is 10.5. The number of hydrogen-bond donors (Lipinski definition) is 2. The average Bonchev–Trinajstić information content (AvgIpc) is 2.94. The summed E-state index contributed by atoms with van der Waals surface area (Å²) in [5.74, 6) is -0.733. The van der Waals surface area contributed by atoms with Crippen molar-refractivity contribution in [2.45, 2.75) is 0 Å². The standard InChI is InChI=1S/2C14H10Br2N2O3.Co/c2*15-9-5-8(13(20)11(16)6-9)7-17-18-14(21)10-3-1-2-4-12(10)19;/h2*1-7,19-20H,(H,18,21);/q;;+2/p+2. The molecule has 0 aromatic heterocycles. The van der Waals surface area contributed by atoms with Gasteiger partial charge >= 0.3 is 28.6 Å². The SMILES string of the molecule is [Co+2].[O-]c1ccccc1C(=[OH+])NN=Cc1cc(Br)cc(Br)c1[OH2+].[O-]c1ccccc1C(=[OH+])NN=Cc1cc(Br)cc(Br)c1[OH2+]. The molecule has 0 fully saturated rings. The summed E-state index contributed by atoms with van der Waals surface area (Å²) in [6, 6.07) is 19.1. The molecule has 1 radical (unpaired) electrons. The minimum absolute atomic E-state index is 0. The molecule has 4 aromatic carbocycles. The van der Waals surface area contributed by atoms with Crippen molar-refractivity contribution in [3.8, 4) is 23.0 Å². The maximum atomic E-state index is 11.5. The molecule has 0 aliphatic rings. The number of benzene rings is 4. The van der Waals surface area contributed by atoms with Crippen molar-refractivity contribution < 1.29 is 46.8 Å². The van der Waals surface area contributed by atoms with Crippen LogP contribution in [0.15, 0.2) is 101 Å². The molecule has 0 heterocycles. The van der Waals surface area contributed by atoms with Crippen molar-refractivity contribution >= 4 is 88.0 Å².